The summed E-state index contributed by atoms with van der Waals surface area (Å²) in [6, 6.07) is 10.8. The number of aliphatic carboxylic acids is 1. The second-order valence-corrected chi connectivity index (χ2v) is 10.3. The number of hydrogen-bond donors (Lipinski definition) is 2. The number of ether oxygens (including phenoxy) is 1. The number of halogens is 2. The molecule has 1 aliphatic heterocycles. The average Bonchev–Trinajstić information content (AvgIpc) is 2.86. The fourth-order valence-electron chi connectivity index (χ4n) is 4.89. The van der Waals surface area contributed by atoms with E-state index in [-0.39, 0.29) is 5.92 Å². The van der Waals surface area contributed by atoms with Crippen LogP contribution in [0.15, 0.2) is 53.6 Å². The summed E-state index contributed by atoms with van der Waals surface area (Å²) in [4.78, 5) is 19.0. The van der Waals surface area contributed by atoms with E-state index in [0.717, 1.165) is 29.1 Å². The molecule has 6 nitrogen and oxygen atoms in total. The Morgan fingerprint density at radius 2 is 2.00 bits per heavy atom. The fourth-order valence-corrected chi connectivity index (χ4v) is 5.87. The minimum atomic E-state index is -0.835. The third-order valence-corrected chi connectivity index (χ3v) is 7.78. The highest BCUT2D eigenvalue weighted by Crippen LogP contribution is 2.34. The van der Waals surface area contributed by atoms with Crippen LogP contribution in [0.5, 0.6) is 5.75 Å². The lowest BCUT2D eigenvalue weighted by molar-refractivity contribution is -0.146. The highest BCUT2D eigenvalue weighted by molar-refractivity contribution is 7.99. The van der Waals surface area contributed by atoms with Gasteiger partial charge in [0.25, 0.3) is 0 Å². The Balaban J connectivity index is 1.33. The second kappa shape index (κ2) is 12.0. The molecule has 1 saturated heterocycles. The molecule has 0 aliphatic carbocycles. The highest BCUT2D eigenvalue weighted by Gasteiger charge is 2.34. The summed E-state index contributed by atoms with van der Waals surface area (Å²) in [6.45, 7) is 1.80. The number of aliphatic hydroxyl groups excluding tert-OH is 1. The fraction of sp³-hybridized carbons (Fsp3) is 0.407. The Morgan fingerprint density at radius 1 is 1.22 bits per heavy atom. The van der Waals surface area contributed by atoms with Crippen LogP contribution in [0.1, 0.15) is 30.9 Å². The van der Waals surface area contributed by atoms with Crippen molar-refractivity contribution in [3.8, 4) is 5.75 Å². The van der Waals surface area contributed by atoms with Crippen LogP contribution in [-0.4, -0.2) is 58.6 Å². The van der Waals surface area contributed by atoms with Gasteiger partial charge in [-0.05, 0) is 73.7 Å². The largest absolute Gasteiger partial charge is 0.497 e. The Morgan fingerprint density at radius 3 is 2.72 bits per heavy atom. The molecular formula is C27H30F2N2O4S. The quantitative estimate of drug-likeness (QED) is 0.361. The molecule has 1 aliphatic rings. The van der Waals surface area contributed by atoms with E-state index in [1.165, 1.54) is 23.9 Å². The number of aromatic nitrogens is 1. The lowest BCUT2D eigenvalue weighted by Gasteiger charge is -2.37. The number of carbonyl (C=O) groups is 1. The topological polar surface area (TPSA) is 82.9 Å². The minimum Gasteiger partial charge on any atom is -0.497 e. The normalized spacial score (nSPS) is 19.3. The number of carboxylic acids is 1. The number of fused-ring (bicyclic) bond motifs is 1. The molecular weight excluding hydrogens is 486 g/mol. The average molecular weight is 517 g/mol. The molecule has 192 valence electrons. The molecule has 3 aromatic rings. The number of rotatable bonds is 10. The molecule has 36 heavy (non-hydrogen) atoms. The smallest absolute Gasteiger partial charge is 0.308 e. The van der Waals surface area contributed by atoms with Crippen LogP contribution >= 0.6 is 11.8 Å². The predicted molar refractivity (Wildman–Crippen MR) is 135 cm³/mol. The lowest BCUT2D eigenvalue weighted by atomic mass is 9.81. The van der Waals surface area contributed by atoms with Gasteiger partial charge in [0, 0.05) is 41.4 Å². The van der Waals surface area contributed by atoms with E-state index in [1.807, 2.05) is 18.2 Å². The predicted octanol–water partition coefficient (Wildman–Crippen LogP) is 5.15. The Kier molecular flexibility index (Phi) is 8.77. The minimum absolute atomic E-state index is 0.0407. The molecule has 1 fully saturated rings. The van der Waals surface area contributed by atoms with Gasteiger partial charge in [-0.25, -0.2) is 8.78 Å². The summed E-state index contributed by atoms with van der Waals surface area (Å²) < 4.78 is 32.1. The number of pyridine rings is 1. The van der Waals surface area contributed by atoms with Gasteiger partial charge in [0.15, 0.2) is 0 Å². The SMILES string of the molecule is COc1ccc2nccc([C@H](O)CC[C@@H]3CCN(CCSc4cc(F)cc(F)c4)C[C@@H]3C(=O)O)c2c1. The lowest BCUT2D eigenvalue weighted by Crippen LogP contribution is -2.44. The number of hydrogen-bond acceptors (Lipinski definition) is 6. The van der Waals surface area contributed by atoms with Crippen molar-refractivity contribution in [1.82, 2.24) is 9.88 Å². The van der Waals surface area contributed by atoms with Crippen molar-refractivity contribution >= 4 is 28.6 Å². The van der Waals surface area contributed by atoms with E-state index in [1.54, 1.807) is 19.4 Å². The molecule has 0 bridgehead atoms. The molecule has 4 rings (SSSR count). The van der Waals surface area contributed by atoms with Gasteiger partial charge < -0.3 is 19.8 Å². The van der Waals surface area contributed by atoms with E-state index in [9.17, 15) is 23.8 Å². The Labute approximate surface area is 213 Å². The van der Waals surface area contributed by atoms with Crippen molar-refractivity contribution in [2.24, 2.45) is 11.8 Å². The molecule has 2 aromatic carbocycles. The van der Waals surface area contributed by atoms with Gasteiger partial charge in [0.1, 0.15) is 17.4 Å². The Hall–Kier alpha value is -2.75. The van der Waals surface area contributed by atoms with E-state index in [4.69, 9.17) is 4.74 Å². The highest BCUT2D eigenvalue weighted by atomic mass is 32.2. The first-order valence-electron chi connectivity index (χ1n) is 12.0. The molecule has 0 spiro atoms. The van der Waals surface area contributed by atoms with Crippen LogP contribution in [0.2, 0.25) is 0 Å². The Bertz CT molecular complexity index is 1190. The first-order valence-corrected chi connectivity index (χ1v) is 13.0. The third kappa shape index (κ3) is 6.52. The summed E-state index contributed by atoms with van der Waals surface area (Å²) in [7, 11) is 1.59. The van der Waals surface area contributed by atoms with Gasteiger partial charge in [-0.2, -0.15) is 0 Å². The van der Waals surface area contributed by atoms with Gasteiger partial charge in [-0.3, -0.25) is 9.78 Å². The van der Waals surface area contributed by atoms with Crippen molar-refractivity contribution < 1.29 is 28.5 Å². The van der Waals surface area contributed by atoms with Crippen molar-refractivity contribution in [2.75, 3.05) is 32.5 Å². The van der Waals surface area contributed by atoms with Crippen molar-refractivity contribution in [1.29, 1.82) is 0 Å². The number of benzene rings is 2. The second-order valence-electron chi connectivity index (χ2n) is 9.12. The maximum Gasteiger partial charge on any atom is 0.308 e. The summed E-state index contributed by atoms with van der Waals surface area (Å²) in [6.07, 6.45) is 2.69. The van der Waals surface area contributed by atoms with Crippen molar-refractivity contribution in [2.45, 2.75) is 30.3 Å². The van der Waals surface area contributed by atoms with Gasteiger partial charge >= 0.3 is 5.97 Å². The number of aliphatic hydroxyl groups is 1. The molecule has 3 atom stereocenters. The summed E-state index contributed by atoms with van der Waals surface area (Å²) >= 11 is 1.35. The van der Waals surface area contributed by atoms with E-state index in [0.29, 0.717) is 48.7 Å². The number of likely N-dealkylation sites (tertiary alicyclic amines) is 1. The number of methoxy groups -OCH3 is 1. The summed E-state index contributed by atoms with van der Waals surface area (Å²) in [5.41, 5.74) is 1.52. The molecule has 0 saturated carbocycles. The summed E-state index contributed by atoms with van der Waals surface area (Å²) in [5.74, 6) is -1.33. The molecule has 9 heteroatoms. The van der Waals surface area contributed by atoms with E-state index >= 15 is 0 Å². The first kappa shape index (κ1) is 26.3. The zero-order valence-corrected chi connectivity index (χ0v) is 20.9. The van der Waals surface area contributed by atoms with Gasteiger partial charge in [0.05, 0.1) is 24.6 Å². The van der Waals surface area contributed by atoms with Crippen LogP contribution < -0.4 is 4.74 Å². The third-order valence-electron chi connectivity index (χ3n) is 6.82. The number of thioether (sulfide) groups is 1. The number of piperidine rings is 1. The number of nitrogens with zero attached hydrogens (tertiary/aromatic N) is 2. The maximum atomic E-state index is 13.4. The molecule has 0 amide bonds. The van der Waals surface area contributed by atoms with Crippen LogP contribution in [0.25, 0.3) is 10.9 Å². The number of carboxylic acid groups (broad SMARTS) is 1. The molecule has 1 aromatic heterocycles. The standard InChI is InChI=1S/C27H30F2N2O4S/c1-35-20-3-4-25-23(15-20)22(6-8-30-25)26(32)5-2-17-7-9-31(16-24(17)27(33)34)10-11-36-21-13-18(28)12-19(29)14-21/h3-4,6,8,12-15,17,24,26,32H,2,5,7,9-11,16H2,1H3,(H,33,34)/t17-,24+,26-/m1/s1. The summed E-state index contributed by atoms with van der Waals surface area (Å²) in [5, 5.41) is 21.7. The van der Waals surface area contributed by atoms with E-state index < -0.39 is 29.6 Å². The molecule has 2 heterocycles. The van der Waals surface area contributed by atoms with Gasteiger partial charge in [-0.15, -0.1) is 11.8 Å². The van der Waals surface area contributed by atoms with E-state index in [2.05, 4.69) is 9.88 Å². The molecule has 0 radical (unpaired) electrons. The first-order chi connectivity index (χ1) is 17.3. The molecule has 0 unspecified atom stereocenters. The van der Waals surface area contributed by atoms with Crippen LogP contribution in [-0.2, 0) is 4.79 Å². The van der Waals surface area contributed by atoms with Crippen LogP contribution in [0.4, 0.5) is 8.78 Å². The maximum absolute atomic E-state index is 13.4. The van der Waals surface area contributed by atoms with Crippen molar-refractivity contribution in [3.63, 3.8) is 0 Å². The molecule has 2 N–H and O–H groups in total. The zero-order chi connectivity index (χ0) is 25.7. The van der Waals surface area contributed by atoms with Gasteiger partial charge in [0.2, 0.25) is 0 Å². The van der Waals surface area contributed by atoms with Crippen LogP contribution in [0, 0.1) is 23.5 Å². The van der Waals surface area contributed by atoms with Crippen LogP contribution in [0.3, 0.4) is 0 Å². The van der Waals surface area contributed by atoms with Gasteiger partial charge in [-0.1, -0.05) is 0 Å². The monoisotopic (exact) mass is 516 g/mol. The van der Waals surface area contributed by atoms with Crippen molar-refractivity contribution in [3.05, 3.63) is 65.9 Å². The zero-order valence-electron chi connectivity index (χ0n) is 20.1.